The van der Waals surface area contributed by atoms with E-state index in [1.54, 1.807) is 14.2 Å². The zero-order chi connectivity index (χ0) is 20.6. The van der Waals surface area contributed by atoms with Crippen molar-refractivity contribution >= 4 is 11.6 Å². The maximum atomic E-state index is 5.37. The average molecular weight is 393 g/mol. The molecule has 29 heavy (non-hydrogen) atoms. The van der Waals surface area contributed by atoms with Crippen LogP contribution in [0.3, 0.4) is 0 Å². The first kappa shape index (κ1) is 20.5. The second kappa shape index (κ2) is 9.78. The molecule has 2 aromatic carbocycles. The minimum atomic E-state index is 0.730. The van der Waals surface area contributed by atoms with Gasteiger partial charge in [0.15, 0.2) is 11.5 Å². The maximum absolute atomic E-state index is 5.37. The van der Waals surface area contributed by atoms with E-state index in [-0.39, 0.29) is 0 Å². The van der Waals surface area contributed by atoms with Crippen LogP contribution in [-0.2, 0) is 13.0 Å². The smallest absolute Gasteiger partial charge is 0.160 e. The van der Waals surface area contributed by atoms with Crippen LogP contribution in [0.2, 0.25) is 0 Å². The van der Waals surface area contributed by atoms with Crippen LogP contribution in [0.1, 0.15) is 22.5 Å². The fourth-order valence-corrected chi connectivity index (χ4v) is 3.11. The SMILES string of the molecule is COc1ccc(CCNc2cc(NCc3ccccc3C)nc(C)n2)cc1OC. The van der Waals surface area contributed by atoms with Gasteiger partial charge in [-0.2, -0.15) is 0 Å². The van der Waals surface area contributed by atoms with Gasteiger partial charge in [-0.3, -0.25) is 0 Å². The topological polar surface area (TPSA) is 68.3 Å². The number of aryl methyl sites for hydroxylation is 2. The van der Waals surface area contributed by atoms with E-state index in [4.69, 9.17) is 9.47 Å². The van der Waals surface area contributed by atoms with Crippen LogP contribution in [0.25, 0.3) is 0 Å². The van der Waals surface area contributed by atoms with Gasteiger partial charge in [-0.05, 0) is 49.1 Å². The molecule has 152 valence electrons. The number of hydrogen-bond acceptors (Lipinski definition) is 6. The number of aromatic nitrogens is 2. The molecule has 0 fully saturated rings. The number of nitrogens with zero attached hydrogens (tertiary/aromatic N) is 2. The van der Waals surface area contributed by atoms with Gasteiger partial charge in [-0.15, -0.1) is 0 Å². The minimum Gasteiger partial charge on any atom is -0.493 e. The fraction of sp³-hybridized carbons (Fsp3) is 0.304. The molecule has 2 N–H and O–H groups in total. The van der Waals surface area contributed by atoms with Crippen molar-refractivity contribution in [3.8, 4) is 11.5 Å². The normalized spacial score (nSPS) is 10.5. The summed E-state index contributed by atoms with van der Waals surface area (Å²) in [5.41, 5.74) is 3.68. The number of anilines is 2. The number of rotatable bonds is 9. The van der Waals surface area contributed by atoms with Gasteiger partial charge < -0.3 is 20.1 Å². The molecule has 0 bridgehead atoms. The predicted molar refractivity (Wildman–Crippen MR) is 117 cm³/mol. The Morgan fingerprint density at radius 3 is 2.28 bits per heavy atom. The molecule has 0 aliphatic heterocycles. The van der Waals surface area contributed by atoms with E-state index < -0.39 is 0 Å². The van der Waals surface area contributed by atoms with Gasteiger partial charge in [0, 0.05) is 19.2 Å². The van der Waals surface area contributed by atoms with E-state index in [9.17, 15) is 0 Å². The van der Waals surface area contributed by atoms with E-state index in [0.717, 1.165) is 48.5 Å². The van der Waals surface area contributed by atoms with Crippen molar-refractivity contribution in [2.45, 2.75) is 26.8 Å². The molecule has 0 saturated heterocycles. The second-order valence-corrected chi connectivity index (χ2v) is 6.83. The standard InChI is InChI=1S/C23H28N4O2/c1-16-7-5-6-8-19(16)15-25-23-14-22(26-17(2)27-23)24-12-11-18-9-10-20(28-3)21(13-18)29-4/h5-10,13-14H,11-12,15H2,1-4H3,(H2,24,25,26,27). The Kier molecular flexibility index (Phi) is 6.89. The third-order valence-corrected chi connectivity index (χ3v) is 4.73. The summed E-state index contributed by atoms with van der Waals surface area (Å²) >= 11 is 0. The van der Waals surface area contributed by atoms with Gasteiger partial charge in [-0.25, -0.2) is 9.97 Å². The molecule has 1 heterocycles. The summed E-state index contributed by atoms with van der Waals surface area (Å²) in [5, 5.41) is 6.78. The van der Waals surface area contributed by atoms with Crippen LogP contribution >= 0.6 is 0 Å². The van der Waals surface area contributed by atoms with Crippen LogP contribution in [0, 0.1) is 13.8 Å². The van der Waals surface area contributed by atoms with E-state index >= 15 is 0 Å². The Morgan fingerprint density at radius 1 is 0.828 bits per heavy atom. The molecule has 0 radical (unpaired) electrons. The fourth-order valence-electron chi connectivity index (χ4n) is 3.11. The van der Waals surface area contributed by atoms with Crippen molar-refractivity contribution in [3.63, 3.8) is 0 Å². The van der Waals surface area contributed by atoms with Crippen LogP contribution in [0.5, 0.6) is 11.5 Å². The summed E-state index contributed by atoms with van der Waals surface area (Å²) < 4.78 is 10.7. The molecule has 0 unspecified atom stereocenters. The minimum absolute atomic E-state index is 0.730. The number of nitrogens with one attached hydrogen (secondary N) is 2. The van der Waals surface area contributed by atoms with E-state index in [0.29, 0.717) is 0 Å². The van der Waals surface area contributed by atoms with Crippen LogP contribution in [0.4, 0.5) is 11.6 Å². The van der Waals surface area contributed by atoms with Gasteiger partial charge in [-0.1, -0.05) is 30.3 Å². The molecule has 0 aliphatic rings. The number of benzene rings is 2. The molecule has 0 aliphatic carbocycles. The zero-order valence-electron chi connectivity index (χ0n) is 17.5. The lowest BCUT2D eigenvalue weighted by atomic mass is 10.1. The predicted octanol–water partition coefficient (Wildman–Crippen LogP) is 4.38. The van der Waals surface area contributed by atoms with Crippen LogP contribution in [0.15, 0.2) is 48.5 Å². The second-order valence-electron chi connectivity index (χ2n) is 6.83. The Labute approximate surface area is 172 Å². The summed E-state index contributed by atoms with van der Waals surface area (Å²) in [6.45, 7) is 5.50. The Hall–Kier alpha value is -3.28. The lowest BCUT2D eigenvalue weighted by Crippen LogP contribution is -2.10. The summed E-state index contributed by atoms with van der Waals surface area (Å²) in [5.74, 6) is 3.83. The molecule has 0 spiro atoms. The quantitative estimate of drug-likeness (QED) is 0.563. The third kappa shape index (κ3) is 5.60. The van der Waals surface area contributed by atoms with E-state index in [1.807, 2.05) is 37.3 Å². The Balaban J connectivity index is 1.59. The first-order valence-electron chi connectivity index (χ1n) is 9.68. The highest BCUT2D eigenvalue weighted by Gasteiger charge is 2.06. The summed E-state index contributed by atoms with van der Waals surface area (Å²) in [6.07, 6.45) is 0.843. The van der Waals surface area contributed by atoms with Gasteiger partial charge in [0.25, 0.3) is 0 Å². The van der Waals surface area contributed by atoms with Gasteiger partial charge in [0.1, 0.15) is 17.5 Å². The Morgan fingerprint density at radius 2 is 1.55 bits per heavy atom. The largest absolute Gasteiger partial charge is 0.493 e. The van der Waals surface area contributed by atoms with Crippen molar-refractivity contribution in [2.24, 2.45) is 0 Å². The molecule has 0 saturated carbocycles. The zero-order valence-corrected chi connectivity index (χ0v) is 17.5. The maximum Gasteiger partial charge on any atom is 0.160 e. The lowest BCUT2D eigenvalue weighted by molar-refractivity contribution is 0.354. The van der Waals surface area contributed by atoms with E-state index in [1.165, 1.54) is 16.7 Å². The third-order valence-electron chi connectivity index (χ3n) is 4.73. The first-order chi connectivity index (χ1) is 14.1. The highest BCUT2D eigenvalue weighted by Crippen LogP contribution is 2.27. The number of ether oxygens (including phenoxy) is 2. The monoisotopic (exact) mass is 392 g/mol. The molecule has 6 heteroatoms. The van der Waals surface area contributed by atoms with Crippen molar-refractivity contribution in [1.82, 2.24) is 9.97 Å². The van der Waals surface area contributed by atoms with Crippen molar-refractivity contribution in [3.05, 3.63) is 71.0 Å². The Bertz CT molecular complexity index is 959. The van der Waals surface area contributed by atoms with Gasteiger partial charge >= 0.3 is 0 Å². The highest BCUT2D eigenvalue weighted by atomic mass is 16.5. The van der Waals surface area contributed by atoms with Gasteiger partial charge in [0.2, 0.25) is 0 Å². The molecule has 0 amide bonds. The molecular formula is C23H28N4O2. The van der Waals surface area contributed by atoms with Crippen molar-refractivity contribution in [1.29, 1.82) is 0 Å². The molecule has 0 atom stereocenters. The summed E-state index contributed by atoms with van der Waals surface area (Å²) in [4.78, 5) is 8.99. The first-order valence-corrected chi connectivity index (χ1v) is 9.68. The molecule has 1 aromatic heterocycles. The van der Waals surface area contributed by atoms with Crippen molar-refractivity contribution < 1.29 is 9.47 Å². The number of methoxy groups -OCH3 is 2. The molecular weight excluding hydrogens is 364 g/mol. The molecule has 3 aromatic rings. The molecule has 3 rings (SSSR count). The van der Waals surface area contributed by atoms with Crippen LogP contribution < -0.4 is 20.1 Å². The summed E-state index contributed by atoms with van der Waals surface area (Å²) in [6, 6.07) is 16.3. The van der Waals surface area contributed by atoms with Crippen LogP contribution in [-0.4, -0.2) is 30.7 Å². The van der Waals surface area contributed by atoms with Crippen molar-refractivity contribution in [2.75, 3.05) is 31.4 Å². The average Bonchev–Trinajstić information content (AvgIpc) is 2.72. The summed E-state index contributed by atoms with van der Waals surface area (Å²) in [7, 11) is 3.29. The lowest BCUT2D eigenvalue weighted by Gasteiger charge is -2.12. The highest BCUT2D eigenvalue weighted by molar-refractivity contribution is 5.48. The van der Waals surface area contributed by atoms with Gasteiger partial charge in [0.05, 0.1) is 14.2 Å². The van der Waals surface area contributed by atoms with E-state index in [2.05, 4.69) is 45.7 Å². The molecule has 6 nitrogen and oxygen atoms in total. The number of hydrogen-bond donors (Lipinski definition) is 2.